The average Bonchev–Trinajstić information content (AvgIpc) is 3.32. The zero-order chi connectivity index (χ0) is 15.6. The largest absolute Gasteiger partial charge is 0.477 e. The molecule has 2 fully saturated rings. The van der Waals surface area contributed by atoms with E-state index in [0.29, 0.717) is 24.3 Å². The molecule has 2 aromatic heterocycles. The number of hydrogen-bond acceptors (Lipinski definition) is 5. The van der Waals surface area contributed by atoms with Gasteiger partial charge in [0.1, 0.15) is 11.6 Å². The number of ether oxygens (including phenoxy) is 1. The topological polar surface area (TPSA) is 51.1 Å². The summed E-state index contributed by atoms with van der Waals surface area (Å²) in [5, 5.41) is 0. The molecule has 1 unspecified atom stereocenters. The summed E-state index contributed by atoms with van der Waals surface area (Å²) in [6.45, 7) is 4.81. The maximum Gasteiger partial charge on any atom is 0.213 e. The maximum absolute atomic E-state index is 5.80. The Balaban J connectivity index is 1.38. The number of hydrogen-bond donors (Lipinski definition) is 0. The molecular weight excluding hydrogens is 288 g/mol. The lowest BCUT2D eigenvalue weighted by molar-refractivity contribution is 0.252. The minimum Gasteiger partial charge on any atom is -0.477 e. The lowest BCUT2D eigenvalue weighted by Gasteiger charge is -2.19. The van der Waals surface area contributed by atoms with Gasteiger partial charge in [-0.3, -0.25) is 0 Å². The molecule has 0 spiro atoms. The number of pyridine rings is 1. The van der Waals surface area contributed by atoms with Crippen LogP contribution in [0, 0.1) is 12.8 Å². The molecule has 1 saturated heterocycles. The van der Waals surface area contributed by atoms with Gasteiger partial charge in [0.2, 0.25) is 5.88 Å². The van der Waals surface area contributed by atoms with Crippen molar-refractivity contribution in [1.29, 1.82) is 0 Å². The van der Waals surface area contributed by atoms with E-state index in [9.17, 15) is 0 Å². The minimum atomic E-state index is 0.525. The zero-order valence-corrected chi connectivity index (χ0v) is 13.5. The minimum absolute atomic E-state index is 0.525. The van der Waals surface area contributed by atoms with E-state index in [2.05, 4.69) is 27.9 Å². The SMILES string of the molecule is Cc1cc(N2CCC(COc3ccccn3)C2)nc(C2CC2)n1. The zero-order valence-electron chi connectivity index (χ0n) is 13.5. The third-order valence-corrected chi connectivity index (χ3v) is 4.52. The summed E-state index contributed by atoms with van der Waals surface area (Å²) in [6.07, 6.45) is 5.38. The van der Waals surface area contributed by atoms with Gasteiger partial charge in [-0.25, -0.2) is 15.0 Å². The van der Waals surface area contributed by atoms with E-state index in [4.69, 9.17) is 9.72 Å². The van der Waals surface area contributed by atoms with Gasteiger partial charge in [0, 0.05) is 48.9 Å². The quantitative estimate of drug-likeness (QED) is 0.850. The van der Waals surface area contributed by atoms with Gasteiger partial charge in [-0.1, -0.05) is 6.07 Å². The van der Waals surface area contributed by atoms with E-state index in [1.165, 1.54) is 12.8 Å². The van der Waals surface area contributed by atoms with E-state index >= 15 is 0 Å². The second kappa shape index (κ2) is 6.14. The van der Waals surface area contributed by atoms with Crippen LogP contribution in [-0.4, -0.2) is 34.6 Å². The van der Waals surface area contributed by atoms with Crippen LogP contribution < -0.4 is 9.64 Å². The molecule has 120 valence electrons. The molecule has 0 N–H and O–H groups in total. The van der Waals surface area contributed by atoms with Crippen LogP contribution in [0.15, 0.2) is 30.5 Å². The van der Waals surface area contributed by atoms with Crippen LogP contribution in [-0.2, 0) is 0 Å². The van der Waals surface area contributed by atoms with Gasteiger partial charge in [-0.2, -0.15) is 0 Å². The van der Waals surface area contributed by atoms with E-state index in [-0.39, 0.29) is 0 Å². The summed E-state index contributed by atoms with van der Waals surface area (Å²) in [5.74, 6) is 3.95. The van der Waals surface area contributed by atoms with Crippen molar-refractivity contribution in [3.8, 4) is 5.88 Å². The van der Waals surface area contributed by atoms with Crippen molar-refractivity contribution in [3.05, 3.63) is 42.0 Å². The number of aromatic nitrogens is 3. The Morgan fingerprint density at radius 3 is 2.91 bits per heavy atom. The third-order valence-electron chi connectivity index (χ3n) is 4.52. The molecule has 0 bridgehead atoms. The van der Waals surface area contributed by atoms with Crippen LogP contribution in [0.1, 0.15) is 36.7 Å². The smallest absolute Gasteiger partial charge is 0.213 e. The fourth-order valence-electron chi connectivity index (χ4n) is 3.07. The molecule has 1 saturated carbocycles. The van der Waals surface area contributed by atoms with Crippen molar-refractivity contribution < 1.29 is 4.74 Å². The number of anilines is 1. The molecule has 1 aliphatic heterocycles. The van der Waals surface area contributed by atoms with Gasteiger partial charge >= 0.3 is 0 Å². The summed E-state index contributed by atoms with van der Waals surface area (Å²) in [4.78, 5) is 16.0. The second-order valence-electron chi connectivity index (χ2n) is 6.58. The van der Waals surface area contributed by atoms with Gasteiger partial charge in [-0.15, -0.1) is 0 Å². The van der Waals surface area contributed by atoms with Gasteiger partial charge in [0.05, 0.1) is 6.61 Å². The molecule has 3 heterocycles. The van der Waals surface area contributed by atoms with Crippen molar-refractivity contribution in [2.24, 2.45) is 5.92 Å². The molecule has 4 rings (SSSR count). The summed E-state index contributed by atoms with van der Waals surface area (Å²) in [5.41, 5.74) is 1.07. The molecule has 0 aromatic carbocycles. The van der Waals surface area contributed by atoms with Crippen molar-refractivity contribution in [2.45, 2.75) is 32.1 Å². The van der Waals surface area contributed by atoms with Crippen LogP contribution in [0.2, 0.25) is 0 Å². The van der Waals surface area contributed by atoms with Crippen molar-refractivity contribution in [3.63, 3.8) is 0 Å². The standard InChI is InChI=1S/C18H22N4O/c1-13-10-16(21-18(20-13)15-5-6-15)22-9-7-14(11-22)12-23-17-4-2-3-8-19-17/h2-4,8,10,14-15H,5-7,9,11-12H2,1H3. The molecule has 1 aliphatic carbocycles. The highest BCUT2D eigenvalue weighted by Gasteiger charge is 2.29. The van der Waals surface area contributed by atoms with Gasteiger partial charge < -0.3 is 9.64 Å². The Hall–Kier alpha value is -2.17. The van der Waals surface area contributed by atoms with Crippen LogP contribution in [0.3, 0.4) is 0 Å². The monoisotopic (exact) mass is 310 g/mol. The van der Waals surface area contributed by atoms with E-state index in [1.54, 1.807) is 6.20 Å². The first kappa shape index (κ1) is 14.4. The third kappa shape index (κ3) is 3.44. The first-order chi connectivity index (χ1) is 11.3. The van der Waals surface area contributed by atoms with Crippen molar-refractivity contribution in [2.75, 3.05) is 24.6 Å². The highest BCUT2D eigenvalue weighted by atomic mass is 16.5. The normalized spacial score (nSPS) is 20.7. The molecule has 0 radical (unpaired) electrons. The molecule has 23 heavy (non-hydrogen) atoms. The summed E-state index contributed by atoms with van der Waals surface area (Å²) >= 11 is 0. The highest BCUT2D eigenvalue weighted by molar-refractivity contribution is 5.41. The van der Waals surface area contributed by atoms with Gasteiger partial charge in [-0.05, 0) is 32.3 Å². The Bertz CT molecular complexity index is 672. The van der Waals surface area contributed by atoms with Crippen LogP contribution >= 0.6 is 0 Å². The summed E-state index contributed by atoms with van der Waals surface area (Å²) < 4.78 is 5.80. The molecule has 2 aliphatic rings. The van der Waals surface area contributed by atoms with E-state index < -0.39 is 0 Å². The molecule has 0 amide bonds. The Kier molecular flexibility index (Phi) is 3.85. The summed E-state index contributed by atoms with van der Waals surface area (Å²) in [7, 11) is 0. The second-order valence-corrected chi connectivity index (χ2v) is 6.58. The van der Waals surface area contributed by atoms with Crippen molar-refractivity contribution in [1.82, 2.24) is 15.0 Å². The van der Waals surface area contributed by atoms with Gasteiger partial charge in [0.15, 0.2) is 0 Å². The number of nitrogens with zero attached hydrogens (tertiary/aromatic N) is 4. The Morgan fingerprint density at radius 1 is 1.22 bits per heavy atom. The average molecular weight is 310 g/mol. The van der Waals surface area contributed by atoms with Gasteiger partial charge in [0.25, 0.3) is 0 Å². The van der Waals surface area contributed by atoms with Crippen LogP contribution in [0.5, 0.6) is 5.88 Å². The highest BCUT2D eigenvalue weighted by Crippen LogP contribution is 2.39. The molecular formula is C18H22N4O. The summed E-state index contributed by atoms with van der Waals surface area (Å²) in [6, 6.07) is 7.86. The Labute approximate surface area is 136 Å². The molecule has 2 aromatic rings. The predicted octanol–water partition coefficient (Wildman–Crippen LogP) is 2.96. The lowest BCUT2D eigenvalue weighted by atomic mass is 10.1. The predicted molar refractivity (Wildman–Crippen MR) is 88.8 cm³/mol. The first-order valence-corrected chi connectivity index (χ1v) is 8.42. The lowest BCUT2D eigenvalue weighted by Crippen LogP contribution is -2.23. The maximum atomic E-state index is 5.80. The number of aryl methyl sites for hydroxylation is 1. The fraction of sp³-hybridized carbons (Fsp3) is 0.500. The van der Waals surface area contributed by atoms with E-state index in [1.807, 2.05) is 18.2 Å². The number of rotatable bonds is 5. The molecule has 5 heteroatoms. The fourth-order valence-corrected chi connectivity index (χ4v) is 3.07. The van der Waals surface area contributed by atoms with Crippen LogP contribution in [0.25, 0.3) is 0 Å². The molecule has 1 atom stereocenters. The molecule has 5 nitrogen and oxygen atoms in total. The first-order valence-electron chi connectivity index (χ1n) is 8.42. The van der Waals surface area contributed by atoms with E-state index in [0.717, 1.165) is 36.8 Å². The Morgan fingerprint density at radius 2 is 2.13 bits per heavy atom. The van der Waals surface area contributed by atoms with Crippen LogP contribution in [0.4, 0.5) is 5.82 Å². The van der Waals surface area contributed by atoms with Crippen molar-refractivity contribution >= 4 is 5.82 Å².